The number of ether oxygens (including phenoxy) is 2. The minimum atomic E-state index is -0.719. The van der Waals surface area contributed by atoms with Gasteiger partial charge < -0.3 is 14.6 Å². The molecule has 5 heteroatoms. The van der Waals surface area contributed by atoms with E-state index in [1.54, 1.807) is 14.0 Å². The molecule has 0 fully saturated rings. The van der Waals surface area contributed by atoms with Gasteiger partial charge in [0.15, 0.2) is 0 Å². The Morgan fingerprint density at radius 2 is 1.95 bits per heavy atom. The van der Waals surface area contributed by atoms with Gasteiger partial charge in [-0.1, -0.05) is 6.07 Å². The van der Waals surface area contributed by atoms with Gasteiger partial charge in [-0.15, -0.1) is 0 Å². The SMILES string of the molecule is COc1ccc(COc2cc(F)ccc2[C@@H](C)O)cc1Br. The summed E-state index contributed by atoms with van der Waals surface area (Å²) in [7, 11) is 1.60. The summed E-state index contributed by atoms with van der Waals surface area (Å²) in [5.41, 5.74) is 1.47. The Balaban J connectivity index is 2.16. The maximum atomic E-state index is 13.3. The van der Waals surface area contributed by atoms with Gasteiger partial charge in [0.2, 0.25) is 0 Å². The van der Waals surface area contributed by atoms with Crippen LogP contribution in [0.25, 0.3) is 0 Å². The molecule has 0 aliphatic heterocycles. The summed E-state index contributed by atoms with van der Waals surface area (Å²) < 4.78 is 24.9. The molecular formula is C16H16BrFO3. The monoisotopic (exact) mass is 354 g/mol. The Labute approximate surface area is 131 Å². The third-order valence-corrected chi connectivity index (χ3v) is 3.66. The van der Waals surface area contributed by atoms with Gasteiger partial charge in [0.25, 0.3) is 0 Å². The van der Waals surface area contributed by atoms with Crippen LogP contribution in [0.1, 0.15) is 24.2 Å². The fourth-order valence-electron chi connectivity index (χ4n) is 1.94. The third kappa shape index (κ3) is 3.95. The zero-order valence-electron chi connectivity index (χ0n) is 11.8. The normalized spacial score (nSPS) is 12.0. The maximum absolute atomic E-state index is 13.3. The predicted octanol–water partition coefficient (Wildman–Crippen LogP) is 4.23. The van der Waals surface area contributed by atoms with Crippen molar-refractivity contribution in [2.24, 2.45) is 0 Å². The molecule has 0 saturated heterocycles. The van der Waals surface area contributed by atoms with Crippen molar-refractivity contribution in [3.63, 3.8) is 0 Å². The molecule has 112 valence electrons. The highest BCUT2D eigenvalue weighted by Gasteiger charge is 2.11. The lowest BCUT2D eigenvalue weighted by Gasteiger charge is -2.14. The van der Waals surface area contributed by atoms with Crippen LogP contribution in [-0.4, -0.2) is 12.2 Å². The van der Waals surface area contributed by atoms with Crippen LogP contribution >= 0.6 is 15.9 Å². The van der Waals surface area contributed by atoms with Gasteiger partial charge in [0.05, 0.1) is 17.7 Å². The molecule has 0 aliphatic carbocycles. The highest BCUT2D eigenvalue weighted by atomic mass is 79.9. The maximum Gasteiger partial charge on any atom is 0.133 e. The number of benzene rings is 2. The first-order valence-electron chi connectivity index (χ1n) is 6.44. The first kappa shape index (κ1) is 15.8. The third-order valence-electron chi connectivity index (χ3n) is 3.04. The molecule has 0 aromatic heterocycles. The fraction of sp³-hybridized carbons (Fsp3) is 0.250. The van der Waals surface area contributed by atoms with Crippen molar-refractivity contribution in [1.29, 1.82) is 0 Å². The predicted molar refractivity (Wildman–Crippen MR) is 82.1 cm³/mol. The molecule has 0 unspecified atom stereocenters. The van der Waals surface area contributed by atoms with E-state index >= 15 is 0 Å². The molecule has 0 radical (unpaired) electrons. The average Bonchev–Trinajstić information content (AvgIpc) is 2.45. The lowest BCUT2D eigenvalue weighted by molar-refractivity contribution is 0.190. The van der Waals surface area contributed by atoms with Crippen LogP contribution in [0, 0.1) is 5.82 Å². The van der Waals surface area contributed by atoms with Gasteiger partial charge >= 0.3 is 0 Å². The highest BCUT2D eigenvalue weighted by Crippen LogP contribution is 2.29. The summed E-state index contributed by atoms with van der Waals surface area (Å²) >= 11 is 3.40. The highest BCUT2D eigenvalue weighted by molar-refractivity contribution is 9.10. The molecule has 3 nitrogen and oxygen atoms in total. The minimum absolute atomic E-state index is 0.270. The van der Waals surface area contributed by atoms with Crippen molar-refractivity contribution in [3.8, 4) is 11.5 Å². The Kier molecular flexibility index (Phi) is 5.20. The van der Waals surface area contributed by atoms with Gasteiger partial charge in [-0.2, -0.15) is 0 Å². The minimum Gasteiger partial charge on any atom is -0.496 e. The summed E-state index contributed by atoms with van der Waals surface area (Å²) in [4.78, 5) is 0. The molecule has 1 atom stereocenters. The molecule has 2 aromatic rings. The van der Waals surface area contributed by atoms with Crippen LogP contribution in [0.2, 0.25) is 0 Å². The molecule has 0 saturated carbocycles. The van der Waals surface area contributed by atoms with Crippen LogP contribution in [0.5, 0.6) is 11.5 Å². The van der Waals surface area contributed by atoms with Crippen molar-refractivity contribution >= 4 is 15.9 Å². The van der Waals surface area contributed by atoms with Crippen LogP contribution < -0.4 is 9.47 Å². The fourth-order valence-corrected chi connectivity index (χ4v) is 2.53. The van der Waals surface area contributed by atoms with Crippen LogP contribution in [-0.2, 0) is 6.61 Å². The first-order valence-corrected chi connectivity index (χ1v) is 7.23. The van der Waals surface area contributed by atoms with Gasteiger partial charge in [0, 0.05) is 11.6 Å². The zero-order chi connectivity index (χ0) is 15.4. The second kappa shape index (κ2) is 6.91. The molecule has 0 heterocycles. The lowest BCUT2D eigenvalue weighted by Crippen LogP contribution is -2.02. The van der Waals surface area contributed by atoms with Crippen molar-refractivity contribution in [2.75, 3.05) is 7.11 Å². The molecule has 21 heavy (non-hydrogen) atoms. The van der Waals surface area contributed by atoms with Crippen molar-refractivity contribution in [3.05, 3.63) is 57.8 Å². The van der Waals surface area contributed by atoms with E-state index in [9.17, 15) is 9.50 Å². The topological polar surface area (TPSA) is 38.7 Å². The summed E-state index contributed by atoms with van der Waals surface area (Å²) in [5.74, 6) is 0.677. The van der Waals surface area contributed by atoms with E-state index in [2.05, 4.69) is 15.9 Å². The smallest absolute Gasteiger partial charge is 0.133 e. The number of hydrogen-bond acceptors (Lipinski definition) is 3. The van der Waals surface area contributed by atoms with Gasteiger partial charge in [-0.3, -0.25) is 0 Å². The van der Waals surface area contributed by atoms with Gasteiger partial charge in [0.1, 0.15) is 23.9 Å². The second-order valence-electron chi connectivity index (χ2n) is 4.62. The second-order valence-corrected chi connectivity index (χ2v) is 5.47. The molecule has 0 spiro atoms. The molecule has 2 rings (SSSR count). The molecule has 2 aromatic carbocycles. The van der Waals surface area contributed by atoms with E-state index in [1.165, 1.54) is 18.2 Å². The Morgan fingerprint density at radius 1 is 1.19 bits per heavy atom. The summed E-state index contributed by atoms with van der Waals surface area (Å²) in [6, 6.07) is 9.67. The summed E-state index contributed by atoms with van der Waals surface area (Å²) in [6.45, 7) is 1.88. The number of aliphatic hydroxyl groups excluding tert-OH is 1. The lowest BCUT2D eigenvalue weighted by atomic mass is 10.1. The van der Waals surface area contributed by atoms with Crippen LogP contribution in [0.4, 0.5) is 4.39 Å². The largest absolute Gasteiger partial charge is 0.496 e. The van der Waals surface area contributed by atoms with E-state index in [1.807, 2.05) is 18.2 Å². The van der Waals surface area contributed by atoms with Gasteiger partial charge in [-0.25, -0.2) is 4.39 Å². The van der Waals surface area contributed by atoms with Crippen LogP contribution in [0.15, 0.2) is 40.9 Å². The van der Waals surface area contributed by atoms with Crippen molar-refractivity contribution in [2.45, 2.75) is 19.6 Å². The van der Waals surface area contributed by atoms with Gasteiger partial charge in [-0.05, 0) is 52.7 Å². The van der Waals surface area contributed by atoms with E-state index in [0.717, 1.165) is 15.8 Å². The Bertz CT molecular complexity index is 629. The number of rotatable bonds is 5. The molecular weight excluding hydrogens is 339 g/mol. The number of aliphatic hydroxyl groups is 1. The molecule has 0 amide bonds. The molecule has 1 N–H and O–H groups in total. The quantitative estimate of drug-likeness (QED) is 0.873. The number of hydrogen-bond donors (Lipinski definition) is 1. The molecule has 0 bridgehead atoms. The summed E-state index contributed by atoms with van der Waals surface area (Å²) in [6.07, 6.45) is -0.719. The van der Waals surface area contributed by atoms with E-state index < -0.39 is 11.9 Å². The zero-order valence-corrected chi connectivity index (χ0v) is 13.4. The van der Waals surface area contributed by atoms with E-state index in [4.69, 9.17) is 9.47 Å². The first-order chi connectivity index (χ1) is 10.0. The van der Waals surface area contributed by atoms with Crippen LogP contribution in [0.3, 0.4) is 0 Å². The number of methoxy groups -OCH3 is 1. The molecule has 0 aliphatic rings. The van der Waals surface area contributed by atoms with E-state index in [-0.39, 0.29) is 6.61 Å². The number of halogens is 2. The average molecular weight is 355 g/mol. The van der Waals surface area contributed by atoms with Crippen molar-refractivity contribution in [1.82, 2.24) is 0 Å². The Hall–Kier alpha value is -1.59. The van der Waals surface area contributed by atoms with Crippen molar-refractivity contribution < 1.29 is 19.0 Å². The Morgan fingerprint density at radius 3 is 2.57 bits per heavy atom. The standard InChI is InChI=1S/C16H16BrFO3/c1-10(19)13-5-4-12(18)8-16(13)21-9-11-3-6-15(20-2)14(17)7-11/h3-8,10,19H,9H2,1-2H3/t10-/m1/s1. The van der Waals surface area contributed by atoms with E-state index in [0.29, 0.717) is 11.3 Å². The summed E-state index contributed by atoms with van der Waals surface area (Å²) in [5, 5.41) is 9.68.